The Morgan fingerprint density at radius 2 is 1.79 bits per heavy atom. The molecule has 2 aromatic carbocycles. The number of nitrogens with zero attached hydrogens (tertiary/aromatic N) is 2. The summed E-state index contributed by atoms with van der Waals surface area (Å²) in [5.74, 6) is 0.744. The van der Waals surface area contributed by atoms with E-state index in [0.29, 0.717) is 22.8 Å². The summed E-state index contributed by atoms with van der Waals surface area (Å²) in [4.78, 5) is 30.1. The number of halogens is 1. The molecule has 0 atom stereocenters. The zero-order valence-electron chi connectivity index (χ0n) is 18.5. The van der Waals surface area contributed by atoms with Crippen molar-refractivity contribution >= 4 is 5.91 Å². The van der Waals surface area contributed by atoms with Crippen LogP contribution in [0.15, 0.2) is 53.3 Å². The molecule has 3 aromatic rings. The first-order chi connectivity index (χ1) is 15.9. The Kier molecular flexibility index (Phi) is 8.15. The van der Waals surface area contributed by atoms with E-state index < -0.39 is 11.5 Å². The Bertz CT molecular complexity index is 1140. The molecule has 33 heavy (non-hydrogen) atoms. The highest BCUT2D eigenvalue weighted by Gasteiger charge is 2.17. The Balaban J connectivity index is 1.78. The van der Waals surface area contributed by atoms with Gasteiger partial charge >= 0.3 is 0 Å². The first-order valence-electron chi connectivity index (χ1n) is 10.4. The minimum absolute atomic E-state index is 0.0347. The lowest BCUT2D eigenvalue weighted by Gasteiger charge is -2.16. The molecule has 3 rings (SSSR count). The van der Waals surface area contributed by atoms with Crippen molar-refractivity contribution in [2.75, 3.05) is 13.7 Å². The van der Waals surface area contributed by atoms with E-state index in [2.05, 4.69) is 10.3 Å². The first-order valence-corrected chi connectivity index (χ1v) is 10.4. The average Bonchev–Trinajstić information content (AvgIpc) is 2.82. The predicted octanol–water partition coefficient (Wildman–Crippen LogP) is 2.13. The SMILES string of the molecule is COc1ccc(OCc2nc(C)c(CCO)c(=O)n2CC(=O)NCc2ccc(F)cc2)cc1. The van der Waals surface area contributed by atoms with E-state index in [9.17, 15) is 19.1 Å². The van der Waals surface area contributed by atoms with Crippen LogP contribution in [0.5, 0.6) is 11.5 Å². The number of carbonyl (C=O) groups is 1. The average molecular weight is 455 g/mol. The third kappa shape index (κ3) is 6.39. The second kappa shape index (κ2) is 11.2. The molecule has 2 N–H and O–H groups in total. The lowest BCUT2D eigenvalue weighted by atomic mass is 10.1. The number of aromatic nitrogens is 2. The number of aliphatic hydroxyl groups excluding tert-OH is 1. The van der Waals surface area contributed by atoms with Crippen LogP contribution in [-0.2, 0) is 30.9 Å². The maximum Gasteiger partial charge on any atom is 0.257 e. The van der Waals surface area contributed by atoms with Crippen LogP contribution in [0.3, 0.4) is 0 Å². The fraction of sp³-hybridized carbons (Fsp3) is 0.292. The van der Waals surface area contributed by atoms with Gasteiger partial charge in [-0.25, -0.2) is 9.37 Å². The Morgan fingerprint density at radius 3 is 2.42 bits per heavy atom. The number of ether oxygens (including phenoxy) is 2. The van der Waals surface area contributed by atoms with Gasteiger partial charge in [-0.1, -0.05) is 12.1 Å². The molecule has 1 heterocycles. The summed E-state index contributed by atoms with van der Waals surface area (Å²) in [7, 11) is 1.57. The molecule has 0 bridgehead atoms. The summed E-state index contributed by atoms with van der Waals surface area (Å²) < 4.78 is 25.2. The number of amides is 1. The summed E-state index contributed by atoms with van der Waals surface area (Å²) in [6.07, 6.45) is 0.133. The van der Waals surface area contributed by atoms with Gasteiger partial charge in [-0.3, -0.25) is 14.2 Å². The lowest BCUT2D eigenvalue weighted by molar-refractivity contribution is -0.121. The molecule has 174 valence electrons. The monoisotopic (exact) mass is 455 g/mol. The summed E-state index contributed by atoms with van der Waals surface area (Å²) in [5.41, 5.74) is 1.15. The van der Waals surface area contributed by atoms with E-state index in [-0.39, 0.29) is 44.4 Å². The Labute approximate surface area is 190 Å². The van der Waals surface area contributed by atoms with E-state index in [4.69, 9.17) is 9.47 Å². The van der Waals surface area contributed by atoms with Crippen molar-refractivity contribution in [1.82, 2.24) is 14.9 Å². The molecule has 0 aliphatic heterocycles. The van der Waals surface area contributed by atoms with E-state index in [1.807, 2.05) is 0 Å². The van der Waals surface area contributed by atoms with Crippen LogP contribution in [0.1, 0.15) is 22.6 Å². The number of carbonyl (C=O) groups excluding carboxylic acids is 1. The highest BCUT2D eigenvalue weighted by atomic mass is 19.1. The van der Waals surface area contributed by atoms with Gasteiger partial charge in [-0.2, -0.15) is 0 Å². The number of aryl methyl sites for hydroxylation is 1. The van der Waals surface area contributed by atoms with Crippen LogP contribution < -0.4 is 20.3 Å². The smallest absolute Gasteiger partial charge is 0.257 e. The van der Waals surface area contributed by atoms with Crippen molar-refractivity contribution in [3.05, 3.63) is 87.3 Å². The summed E-state index contributed by atoms with van der Waals surface area (Å²) in [5, 5.41) is 12.0. The normalized spacial score (nSPS) is 10.7. The third-order valence-electron chi connectivity index (χ3n) is 5.04. The van der Waals surface area contributed by atoms with Crippen molar-refractivity contribution in [3.8, 4) is 11.5 Å². The number of hydrogen-bond donors (Lipinski definition) is 2. The molecule has 9 heteroatoms. The van der Waals surface area contributed by atoms with Crippen molar-refractivity contribution < 1.29 is 23.8 Å². The number of benzene rings is 2. The molecule has 1 amide bonds. The van der Waals surface area contributed by atoms with Crippen LogP contribution in [0.25, 0.3) is 0 Å². The fourth-order valence-corrected chi connectivity index (χ4v) is 3.25. The molecule has 0 spiro atoms. The Hall–Kier alpha value is -3.72. The molecular formula is C24H26FN3O5. The van der Waals surface area contributed by atoms with Crippen molar-refractivity contribution in [2.45, 2.75) is 33.0 Å². The van der Waals surface area contributed by atoms with Crippen LogP contribution in [-0.4, -0.2) is 34.3 Å². The van der Waals surface area contributed by atoms with Gasteiger partial charge in [0.25, 0.3) is 5.56 Å². The van der Waals surface area contributed by atoms with Crippen LogP contribution >= 0.6 is 0 Å². The minimum atomic E-state index is -0.410. The molecule has 0 aliphatic carbocycles. The van der Waals surface area contributed by atoms with Gasteiger partial charge in [0.2, 0.25) is 5.91 Å². The molecule has 0 saturated heterocycles. The zero-order valence-corrected chi connectivity index (χ0v) is 18.5. The summed E-state index contributed by atoms with van der Waals surface area (Å²) >= 11 is 0. The van der Waals surface area contributed by atoms with E-state index in [1.54, 1.807) is 50.4 Å². The minimum Gasteiger partial charge on any atom is -0.497 e. The van der Waals surface area contributed by atoms with Crippen LogP contribution in [0, 0.1) is 12.7 Å². The van der Waals surface area contributed by atoms with Crippen LogP contribution in [0.2, 0.25) is 0 Å². The highest BCUT2D eigenvalue weighted by Crippen LogP contribution is 2.18. The third-order valence-corrected chi connectivity index (χ3v) is 5.04. The largest absolute Gasteiger partial charge is 0.497 e. The summed E-state index contributed by atoms with van der Waals surface area (Å²) in [6.45, 7) is 1.35. The molecular weight excluding hydrogens is 429 g/mol. The maximum atomic E-state index is 13.1. The second-order valence-electron chi connectivity index (χ2n) is 7.32. The maximum absolute atomic E-state index is 13.1. The fourth-order valence-electron chi connectivity index (χ4n) is 3.25. The quantitative estimate of drug-likeness (QED) is 0.486. The highest BCUT2D eigenvalue weighted by molar-refractivity contribution is 5.75. The predicted molar refractivity (Wildman–Crippen MR) is 120 cm³/mol. The molecule has 1 aromatic heterocycles. The van der Waals surface area contributed by atoms with Gasteiger partial charge in [-0.05, 0) is 48.9 Å². The van der Waals surface area contributed by atoms with Gasteiger partial charge in [-0.15, -0.1) is 0 Å². The van der Waals surface area contributed by atoms with Crippen LogP contribution in [0.4, 0.5) is 4.39 Å². The van der Waals surface area contributed by atoms with Crippen molar-refractivity contribution in [3.63, 3.8) is 0 Å². The molecule has 0 saturated carbocycles. The van der Waals surface area contributed by atoms with Gasteiger partial charge in [0, 0.05) is 30.8 Å². The standard InChI is InChI=1S/C24H26FN3O5/c1-16-21(11-12-29)24(31)28(14-23(30)26-13-17-3-5-18(25)6-4-17)22(27-16)15-33-20-9-7-19(32-2)8-10-20/h3-10,29H,11-15H2,1-2H3,(H,26,30). The Morgan fingerprint density at radius 1 is 1.12 bits per heavy atom. The molecule has 0 unspecified atom stereocenters. The zero-order chi connectivity index (χ0) is 23.8. The number of aliphatic hydroxyl groups is 1. The summed E-state index contributed by atoms with van der Waals surface area (Å²) in [6, 6.07) is 12.7. The molecule has 0 aliphatic rings. The molecule has 0 fully saturated rings. The number of hydrogen-bond acceptors (Lipinski definition) is 6. The number of rotatable bonds is 10. The first kappa shape index (κ1) is 23.9. The second-order valence-corrected chi connectivity index (χ2v) is 7.32. The lowest BCUT2D eigenvalue weighted by Crippen LogP contribution is -2.37. The van der Waals surface area contributed by atoms with Crippen molar-refractivity contribution in [1.29, 1.82) is 0 Å². The number of nitrogens with one attached hydrogen (secondary N) is 1. The van der Waals surface area contributed by atoms with Gasteiger partial charge in [0.05, 0.1) is 7.11 Å². The molecule has 0 radical (unpaired) electrons. The number of methoxy groups -OCH3 is 1. The van der Waals surface area contributed by atoms with E-state index in [1.165, 1.54) is 16.7 Å². The molecule has 8 nitrogen and oxygen atoms in total. The van der Waals surface area contributed by atoms with Gasteiger partial charge in [0.15, 0.2) is 0 Å². The topological polar surface area (TPSA) is 103 Å². The van der Waals surface area contributed by atoms with Gasteiger partial charge in [0.1, 0.15) is 36.3 Å². The van der Waals surface area contributed by atoms with E-state index in [0.717, 1.165) is 5.56 Å². The van der Waals surface area contributed by atoms with E-state index >= 15 is 0 Å². The van der Waals surface area contributed by atoms with Gasteiger partial charge < -0.3 is 19.9 Å². The van der Waals surface area contributed by atoms with Crippen molar-refractivity contribution in [2.24, 2.45) is 0 Å².